The molecular weight excluding hydrogens is 246 g/mol. The number of aromatic nitrogens is 2. The van der Waals surface area contributed by atoms with Gasteiger partial charge < -0.3 is 10.1 Å². The van der Waals surface area contributed by atoms with E-state index in [1.165, 1.54) is 12.8 Å². The van der Waals surface area contributed by atoms with Crippen LogP contribution in [0.25, 0.3) is 0 Å². The Kier molecular flexibility index (Phi) is 3.91. The molecule has 1 N–H and O–H groups in total. The second-order valence-electron chi connectivity index (χ2n) is 5.38. The van der Waals surface area contributed by atoms with Crippen molar-refractivity contribution in [1.29, 1.82) is 0 Å². The summed E-state index contributed by atoms with van der Waals surface area (Å²) in [7, 11) is 0. The Balaban J connectivity index is 1.43. The maximum atomic E-state index is 5.82. The zero-order valence-corrected chi connectivity index (χ0v) is 11.7. The SMILES string of the molecule is CC1CCC(c2nnc(CCCNC3CC3)s2)O1. The van der Waals surface area contributed by atoms with Gasteiger partial charge in [-0.25, -0.2) is 0 Å². The molecule has 1 aromatic rings. The van der Waals surface area contributed by atoms with Gasteiger partial charge in [-0.15, -0.1) is 10.2 Å². The van der Waals surface area contributed by atoms with E-state index < -0.39 is 0 Å². The molecule has 2 atom stereocenters. The molecule has 100 valence electrons. The van der Waals surface area contributed by atoms with Gasteiger partial charge in [0.05, 0.1) is 6.10 Å². The van der Waals surface area contributed by atoms with Gasteiger partial charge in [0.15, 0.2) is 0 Å². The van der Waals surface area contributed by atoms with E-state index in [4.69, 9.17) is 4.74 Å². The van der Waals surface area contributed by atoms with Crippen molar-refractivity contribution in [2.24, 2.45) is 0 Å². The van der Waals surface area contributed by atoms with Gasteiger partial charge in [-0.05, 0) is 45.6 Å². The van der Waals surface area contributed by atoms with E-state index in [-0.39, 0.29) is 6.10 Å². The molecular formula is C13H21N3OS. The number of aryl methyl sites for hydroxylation is 1. The van der Waals surface area contributed by atoms with Crippen LogP contribution in [0.4, 0.5) is 0 Å². The number of hydrogen-bond donors (Lipinski definition) is 1. The Hall–Kier alpha value is -0.520. The summed E-state index contributed by atoms with van der Waals surface area (Å²) >= 11 is 1.73. The minimum absolute atomic E-state index is 0.204. The number of nitrogens with one attached hydrogen (secondary N) is 1. The van der Waals surface area contributed by atoms with Crippen molar-refractivity contribution in [3.05, 3.63) is 10.0 Å². The van der Waals surface area contributed by atoms with E-state index in [0.29, 0.717) is 6.10 Å². The number of hydrogen-bond acceptors (Lipinski definition) is 5. The first kappa shape index (κ1) is 12.5. The second kappa shape index (κ2) is 5.63. The van der Waals surface area contributed by atoms with Gasteiger partial charge in [-0.3, -0.25) is 0 Å². The molecule has 1 aliphatic carbocycles. The van der Waals surface area contributed by atoms with Gasteiger partial charge in [0.2, 0.25) is 0 Å². The molecule has 3 rings (SSSR count). The monoisotopic (exact) mass is 267 g/mol. The lowest BCUT2D eigenvalue weighted by atomic mass is 10.2. The van der Waals surface area contributed by atoms with Crippen LogP contribution < -0.4 is 5.32 Å². The van der Waals surface area contributed by atoms with Gasteiger partial charge in [0, 0.05) is 12.5 Å². The summed E-state index contributed by atoms with van der Waals surface area (Å²) in [6.07, 6.45) is 7.75. The van der Waals surface area contributed by atoms with Crippen LogP contribution in [-0.2, 0) is 11.2 Å². The molecule has 1 aromatic heterocycles. The van der Waals surface area contributed by atoms with Crippen molar-refractivity contribution >= 4 is 11.3 Å². The fourth-order valence-electron chi connectivity index (χ4n) is 2.32. The topological polar surface area (TPSA) is 47.0 Å². The lowest BCUT2D eigenvalue weighted by molar-refractivity contribution is 0.0550. The smallest absolute Gasteiger partial charge is 0.146 e. The molecule has 1 aliphatic heterocycles. The molecule has 5 heteroatoms. The number of rotatable bonds is 6. The summed E-state index contributed by atoms with van der Waals surface area (Å²) in [5.74, 6) is 0. The third-order valence-electron chi connectivity index (χ3n) is 3.57. The highest BCUT2D eigenvalue weighted by Gasteiger charge is 2.26. The largest absolute Gasteiger partial charge is 0.368 e. The molecule has 0 amide bonds. The highest BCUT2D eigenvalue weighted by Crippen LogP contribution is 2.34. The molecule has 18 heavy (non-hydrogen) atoms. The molecule has 4 nitrogen and oxygen atoms in total. The average Bonchev–Trinajstić information content (AvgIpc) is 2.88. The lowest BCUT2D eigenvalue weighted by Crippen LogP contribution is -2.17. The summed E-state index contributed by atoms with van der Waals surface area (Å²) in [5, 5.41) is 14.3. The van der Waals surface area contributed by atoms with Crippen LogP contribution in [0, 0.1) is 0 Å². The fraction of sp³-hybridized carbons (Fsp3) is 0.846. The molecule has 0 bridgehead atoms. The van der Waals surface area contributed by atoms with Crippen molar-refractivity contribution < 1.29 is 4.74 Å². The molecule has 2 fully saturated rings. The summed E-state index contributed by atoms with van der Waals surface area (Å²) < 4.78 is 5.82. The fourth-order valence-corrected chi connectivity index (χ4v) is 3.27. The Morgan fingerprint density at radius 3 is 2.89 bits per heavy atom. The average molecular weight is 267 g/mol. The molecule has 0 radical (unpaired) electrons. The van der Waals surface area contributed by atoms with Gasteiger partial charge in [-0.1, -0.05) is 11.3 Å². The summed E-state index contributed by atoms with van der Waals surface area (Å²) in [5.41, 5.74) is 0. The lowest BCUT2D eigenvalue weighted by Gasteiger charge is -2.05. The van der Waals surface area contributed by atoms with Crippen molar-refractivity contribution in [3.8, 4) is 0 Å². The van der Waals surface area contributed by atoms with Crippen molar-refractivity contribution in [3.63, 3.8) is 0 Å². The van der Waals surface area contributed by atoms with E-state index in [2.05, 4.69) is 22.4 Å². The third-order valence-corrected chi connectivity index (χ3v) is 4.64. The number of ether oxygens (including phenoxy) is 1. The second-order valence-corrected chi connectivity index (χ2v) is 6.47. The molecule has 2 unspecified atom stereocenters. The van der Waals surface area contributed by atoms with Crippen LogP contribution in [0.3, 0.4) is 0 Å². The number of nitrogens with zero attached hydrogens (tertiary/aromatic N) is 2. The van der Waals surface area contributed by atoms with Crippen molar-refractivity contribution in [2.45, 2.75) is 63.7 Å². The highest BCUT2D eigenvalue weighted by molar-refractivity contribution is 7.11. The Morgan fingerprint density at radius 2 is 2.17 bits per heavy atom. The van der Waals surface area contributed by atoms with Crippen LogP contribution >= 0.6 is 11.3 Å². The van der Waals surface area contributed by atoms with Crippen molar-refractivity contribution in [1.82, 2.24) is 15.5 Å². The highest BCUT2D eigenvalue weighted by atomic mass is 32.1. The summed E-state index contributed by atoms with van der Waals surface area (Å²) in [6, 6.07) is 0.809. The zero-order chi connectivity index (χ0) is 12.4. The van der Waals surface area contributed by atoms with Crippen LogP contribution in [0.5, 0.6) is 0 Å². The standard InChI is InChI=1S/C13H21N3OS/c1-9-4-7-11(17-9)13-16-15-12(18-13)3-2-8-14-10-5-6-10/h9-11,14H,2-8H2,1H3. The van der Waals surface area contributed by atoms with E-state index in [0.717, 1.165) is 48.3 Å². The molecule has 2 heterocycles. The third kappa shape index (κ3) is 3.28. The van der Waals surface area contributed by atoms with Crippen LogP contribution in [0.15, 0.2) is 0 Å². The molecule has 1 saturated carbocycles. The summed E-state index contributed by atoms with van der Waals surface area (Å²) in [4.78, 5) is 0. The maximum Gasteiger partial charge on any atom is 0.146 e. The quantitative estimate of drug-likeness (QED) is 0.804. The van der Waals surface area contributed by atoms with E-state index in [1.54, 1.807) is 11.3 Å². The van der Waals surface area contributed by atoms with Gasteiger partial charge in [-0.2, -0.15) is 0 Å². The Bertz CT molecular complexity index is 391. The first-order valence-corrected chi connectivity index (χ1v) is 7.84. The van der Waals surface area contributed by atoms with Crippen molar-refractivity contribution in [2.75, 3.05) is 6.54 Å². The minimum Gasteiger partial charge on any atom is -0.368 e. The maximum absolute atomic E-state index is 5.82. The normalized spacial score (nSPS) is 27.8. The van der Waals surface area contributed by atoms with Gasteiger partial charge >= 0.3 is 0 Å². The molecule has 1 saturated heterocycles. The Labute approximate surface area is 112 Å². The minimum atomic E-state index is 0.204. The molecule has 2 aliphatic rings. The van der Waals surface area contributed by atoms with Gasteiger partial charge in [0.25, 0.3) is 0 Å². The first-order chi connectivity index (χ1) is 8.81. The zero-order valence-electron chi connectivity index (χ0n) is 10.9. The first-order valence-electron chi connectivity index (χ1n) is 7.02. The van der Waals surface area contributed by atoms with Crippen LogP contribution in [-0.4, -0.2) is 28.9 Å². The molecule has 0 spiro atoms. The summed E-state index contributed by atoms with van der Waals surface area (Å²) in [6.45, 7) is 3.24. The van der Waals surface area contributed by atoms with E-state index in [1.807, 2.05) is 0 Å². The predicted octanol–water partition coefficient (Wildman–Crippen LogP) is 2.46. The van der Waals surface area contributed by atoms with Crippen LogP contribution in [0.1, 0.15) is 55.1 Å². The van der Waals surface area contributed by atoms with Crippen LogP contribution in [0.2, 0.25) is 0 Å². The van der Waals surface area contributed by atoms with E-state index in [9.17, 15) is 0 Å². The van der Waals surface area contributed by atoms with Gasteiger partial charge in [0.1, 0.15) is 16.1 Å². The Morgan fingerprint density at radius 1 is 1.28 bits per heavy atom. The van der Waals surface area contributed by atoms with E-state index >= 15 is 0 Å². The molecule has 0 aromatic carbocycles. The predicted molar refractivity (Wildman–Crippen MR) is 71.8 cm³/mol.